The highest BCUT2D eigenvalue weighted by Crippen LogP contribution is 2.36. The standard InChI is InChI=1S/C17H23NO3/c1-18-13-7-8-14(18)10-15(9-13)21-17(20)16(11-19)12-5-3-2-4-6-12/h2-6,13-16,19H,7-11H2,1H3/t13-,14+,15?,16?/i1D3. The molecular weight excluding hydrogens is 266 g/mol. The number of esters is 1. The van der Waals surface area contributed by atoms with E-state index < -0.39 is 18.9 Å². The molecule has 2 aliphatic rings. The highest BCUT2D eigenvalue weighted by molar-refractivity contribution is 5.78. The summed E-state index contributed by atoms with van der Waals surface area (Å²) in [4.78, 5) is 14.1. The van der Waals surface area contributed by atoms with Gasteiger partial charge in [0.05, 0.1) is 6.61 Å². The third-order valence-corrected chi connectivity index (χ3v) is 4.64. The molecule has 3 rings (SSSR count). The molecule has 4 atom stereocenters. The quantitative estimate of drug-likeness (QED) is 0.862. The van der Waals surface area contributed by atoms with Gasteiger partial charge in [0.25, 0.3) is 0 Å². The number of ether oxygens (including phenoxy) is 1. The van der Waals surface area contributed by atoms with Crippen LogP contribution in [0, 0.1) is 0 Å². The summed E-state index contributed by atoms with van der Waals surface area (Å²) < 4.78 is 28.6. The van der Waals surface area contributed by atoms with E-state index in [0.717, 1.165) is 18.4 Å². The summed E-state index contributed by atoms with van der Waals surface area (Å²) >= 11 is 0. The number of benzene rings is 1. The van der Waals surface area contributed by atoms with Crippen molar-refractivity contribution < 1.29 is 18.8 Å². The zero-order valence-electron chi connectivity index (χ0n) is 14.9. The van der Waals surface area contributed by atoms with Crippen molar-refractivity contribution >= 4 is 5.97 Å². The molecule has 0 spiro atoms. The fourth-order valence-electron chi connectivity index (χ4n) is 3.47. The number of carbonyl (C=O) groups is 1. The number of hydrogen-bond donors (Lipinski definition) is 1. The van der Waals surface area contributed by atoms with Crippen LogP contribution in [-0.4, -0.2) is 47.7 Å². The van der Waals surface area contributed by atoms with Gasteiger partial charge in [-0.05, 0) is 38.2 Å². The number of piperidine rings is 1. The van der Waals surface area contributed by atoms with E-state index in [1.165, 1.54) is 0 Å². The average molecular weight is 292 g/mol. The van der Waals surface area contributed by atoms with Gasteiger partial charge in [-0.3, -0.25) is 4.79 Å². The van der Waals surface area contributed by atoms with Crippen molar-refractivity contribution in [1.82, 2.24) is 4.90 Å². The summed E-state index contributed by atoms with van der Waals surface area (Å²) in [6.45, 7) is -2.39. The lowest BCUT2D eigenvalue weighted by Crippen LogP contribution is -2.43. The topological polar surface area (TPSA) is 49.8 Å². The summed E-state index contributed by atoms with van der Waals surface area (Å²) in [6.07, 6.45) is 2.49. The molecule has 0 radical (unpaired) electrons. The minimum absolute atomic E-state index is 0.0571. The number of hydrogen-bond acceptors (Lipinski definition) is 4. The first kappa shape index (κ1) is 11.2. The third kappa shape index (κ3) is 2.97. The fourth-order valence-corrected chi connectivity index (χ4v) is 3.47. The number of nitrogens with zero attached hydrogens (tertiary/aromatic N) is 1. The van der Waals surface area contributed by atoms with Crippen LogP contribution in [0.25, 0.3) is 0 Å². The smallest absolute Gasteiger partial charge is 0.316 e. The average Bonchev–Trinajstić information content (AvgIpc) is 2.82. The fraction of sp³-hybridized carbons (Fsp3) is 0.588. The maximum absolute atomic E-state index is 12.4. The summed E-state index contributed by atoms with van der Waals surface area (Å²) in [7, 11) is 0. The molecule has 0 amide bonds. The third-order valence-electron chi connectivity index (χ3n) is 4.64. The van der Waals surface area contributed by atoms with E-state index in [1.807, 2.05) is 18.2 Å². The van der Waals surface area contributed by atoms with Crippen molar-refractivity contribution in [3.05, 3.63) is 35.9 Å². The van der Waals surface area contributed by atoms with Gasteiger partial charge in [0.1, 0.15) is 12.0 Å². The highest BCUT2D eigenvalue weighted by Gasteiger charge is 2.40. The molecule has 2 heterocycles. The van der Waals surface area contributed by atoms with Gasteiger partial charge in [-0.25, -0.2) is 0 Å². The monoisotopic (exact) mass is 292 g/mol. The van der Waals surface area contributed by atoms with Crippen LogP contribution >= 0.6 is 0 Å². The van der Waals surface area contributed by atoms with Crippen LogP contribution in [0.5, 0.6) is 0 Å². The molecule has 2 fully saturated rings. The number of fused-ring (bicyclic) bond motifs is 2. The van der Waals surface area contributed by atoms with E-state index in [0.29, 0.717) is 12.8 Å². The van der Waals surface area contributed by atoms with E-state index in [2.05, 4.69) is 0 Å². The maximum Gasteiger partial charge on any atom is 0.316 e. The van der Waals surface area contributed by atoms with E-state index >= 15 is 0 Å². The summed E-state index contributed by atoms with van der Waals surface area (Å²) in [5, 5.41) is 9.56. The van der Waals surface area contributed by atoms with Gasteiger partial charge in [0, 0.05) is 16.2 Å². The van der Waals surface area contributed by atoms with E-state index in [9.17, 15) is 9.90 Å². The molecule has 2 saturated heterocycles. The zero-order valence-corrected chi connectivity index (χ0v) is 11.9. The van der Waals surface area contributed by atoms with Gasteiger partial charge >= 0.3 is 5.97 Å². The Labute approximate surface area is 129 Å². The second kappa shape index (κ2) is 6.16. The van der Waals surface area contributed by atoms with Crippen molar-refractivity contribution in [2.45, 2.75) is 49.8 Å². The molecule has 4 nitrogen and oxygen atoms in total. The molecule has 2 unspecified atom stereocenters. The van der Waals surface area contributed by atoms with Crippen LogP contribution < -0.4 is 0 Å². The second-order valence-electron chi connectivity index (χ2n) is 5.97. The molecule has 0 saturated carbocycles. The first-order valence-electron chi connectivity index (χ1n) is 9.05. The van der Waals surface area contributed by atoms with Gasteiger partial charge < -0.3 is 14.7 Å². The van der Waals surface area contributed by atoms with Crippen LogP contribution in [0.4, 0.5) is 0 Å². The Hall–Kier alpha value is -1.39. The lowest BCUT2D eigenvalue weighted by Gasteiger charge is -2.36. The number of rotatable bonds is 4. The lowest BCUT2D eigenvalue weighted by atomic mass is 9.98. The van der Waals surface area contributed by atoms with Crippen molar-refractivity contribution in [2.75, 3.05) is 13.6 Å². The van der Waals surface area contributed by atoms with Gasteiger partial charge in [-0.15, -0.1) is 0 Å². The van der Waals surface area contributed by atoms with Crippen LogP contribution in [0.1, 0.15) is 41.3 Å². The van der Waals surface area contributed by atoms with Crippen molar-refractivity contribution in [1.29, 1.82) is 0 Å². The van der Waals surface area contributed by atoms with Crippen LogP contribution in [0.3, 0.4) is 0 Å². The summed E-state index contributed by atoms with van der Waals surface area (Å²) in [5.74, 6) is -1.13. The Morgan fingerprint density at radius 3 is 2.62 bits per heavy atom. The van der Waals surface area contributed by atoms with Crippen LogP contribution in [0.15, 0.2) is 30.3 Å². The van der Waals surface area contributed by atoms with Gasteiger partial charge in [0.2, 0.25) is 0 Å². The number of carbonyl (C=O) groups excluding carboxylic acids is 1. The lowest BCUT2D eigenvalue weighted by molar-refractivity contribution is -0.155. The molecular formula is C17H23NO3. The van der Waals surface area contributed by atoms with Crippen LogP contribution in [-0.2, 0) is 9.53 Å². The molecule has 2 aliphatic heterocycles. The minimum Gasteiger partial charge on any atom is -0.462 e. The molecule has 1 aromatic rings. The normalized spacial score (nSPS) is 32.8. The molecule has 21 heavy (non-hydrogen) atoms. The molecule has 0 aliphatic carbocycles. The van der Waals surface area contributed by atoms with Crippen molar-refractivity contribution in [2.24, 2.45) is 0 Å². The molecule has 4 heteroatoms. The second-order valence-corrected chi connectivity index (χ2v) is 5.97. The Bertz CT molecular complexity index is 564. The van der Waals surface area contributed by atoms with Gasteiger partial charge in [-0.2, -0.15) is 0 Å². The van der Waals surface area contributed by atoms with E-state index in [4.69, 9.17) is 8.85 Å². The van der Waals surface area contributed by atoms with Gasteiger partial charge in [-0.1, -0.05) is 30.3 Å². The Kier molecular flexibility index (Phi) is 3.29. The summed E-state index contributed by atoms with van der Waals surface area (Å²) in [6, 6.07) is 8.97. The minimum atomic E-state index is -2.08. The SMILES string of the molecule is [2H]C([2H])([2H])N1[C@@H]2CC[C@H]1CC(OC(=O)C(CO)c1ccccc1)C2. The van der Waals surface area contributed by atoms with E-state index in [-0.39, 0.29) is 24.8 Å². The maximum atomic E-state index is 12.4. The molecule has 0 aromatic heterocycles. The molecule has 1 aromatic carbocycles. The largest absolute Gasteiger partial charge is 0.462 e. The Balaban J connectivity index is 1.64. The Morgan fingerprint density at radius 1 is 1.38 bits per heavy atom. The zero-order chi connectivity index (χ0) is 17.3. The molecule has 2 bridgehead atoms. The van der Waals surface area contributed by atoms with Crippen molar-refractivity contribution in [3.63, 3.8) is 0 Å². The highest BCUT2D eigenvalue weighted by atomic mass is 16.5. The van der Waals surface area contributed by atoms with Crippen molar-refractivity contribution in [3.8, 4) is 0 Å². The molecule has 1 N–H and O–H groups in total. The first-order chi connectivity index (χ1) is 11.4. The van der Waals surface area contributed by atoms with Crippen LogP contribution in [0.2, 0.25) is 0 Å². The predicted molar refractivity (Wildman–Crippen MR) is 80.0 cm³/mol. The first-order valence-corrected chi connectivity index (χ1v) is 7.55. The number of aliphatic hydroxyl groups is 1. The summed E-state index contributed by atoms with van der Waals surface area (Å²) in [5.41, 5.74) is 0.730. The van der Waals surface area contributed by atoms with E-state index in [1.54, 1.807) is 17.0 Å². The number of aliphatic hydroxyl groups excluding tert-OH is 1. The molecule has 114 valence electrons. The predicted octanol–water partition coefficient (Wildman–Crippen LogP) is 1.93. The Morgan fingerprint density at radius 2 is 2.05 bits per heavy atom. The van der Waals surface area contributed by atoms with Gasteiger partial charge in [0.15, 0.2) is 0 Å².